The number of carbonyl (C=O) groups excluding carboxylic acids is 1. The fraction of sp³-hybridized carbons (Fsp3) is 0.500. The molecule has 14 nitrogen and oxygen atoms in total. The normalized spacial score (nSPS) is 32.6. The number of allylic oxidation sites excluding steroid dienone is 6. The second-order valence-corrected chi connectivity index (χ2v) is 12.1. The third-order valence-electron chi connectivity index (χ3n) is 9.33. The maximum Gasteiger partial charge on any atom is 0.336 e. The number of carbonyl (C=O) groups is 1. The third kappa shape index (κ3) is 4.55. The lowest BCUT2D eigenvalue weighted by Gasteiger charge is -2.31. The Labute approximate surface area is 252 Å². The largest absolute Gasteiger partial charge is 0.461 e. The number of hydrogen-bond acceptors (Lipinski definition) is 13. The van der Waals surface area contributed by atoms with Crippen molar-refractivity contribution >= 4 is 40.1 Å². The third-order valence-corrected chi connectivity index (χ3v) is 9.33. The summed E-state index contributed by atoms with van der Waals surface area (Å²) in [6, 6.07) is -0.267. The zero-order valence-corrected chi connectivity index (χ0v) is 24.0. The summed E-state index contributed by atoms with van der Waals surface area (Å²) in [5.74, 6) is -0.303. The van der Waals surface area contributed by atoms with E-state index in [1.54, 1.807) is 0 Å². The standard InChI is InChI=1S/C30H33N9O5/c31-26-23-27(33-13-32-26)39(14-34-23)28-25(41)24(40)21(44-28)12-43-29(42)30-8-7-20(38-30)11-18-4-3-16(36-18)9-15-1-2-17(35-15)10-19-5-6-22(30)37-19/h9-11,13-14,21-22,24-25,28,37,40-41H,1-8,12H2,(H2,31,32,33)/t21-,22?,24-,25-,28-,30?/m1/s1. The van der Waals surface area contributed by atoms with E-state index >= 15 is 0 Å². The molecule has 2 unspecified atom stereocenters. The molecule has 0 spiro atoms. The fourth-order valence-electron chi connectivity index (χ4n) is 7.02. The predicted molar refractivity (Wildman–Crippen MR) is 160 cm³/mol. The molecule has 6 aliphatic heterocycles. The number of imidazole rings is 1. The number of aliphatic hydroxyl groups excluding tert-OH is 2. The quantitative estimate of drug-likeness (QED) is 0.373. The van der Waals surface area contributed by atoms with E-state index in [9.17, 15) is 15.0 Å². The van der Waals surface area contributed by atoms with Gasteiger partial charge in [-0.3, -0.25) is 19.5 Å². The Morgan fingerprint density at radius 2 is 1.77 bits per heavy atom. The summed E-state index contributed by atoms with van der Waals surface area (Å²) in [6.07, 6.45) is 10.3. The van der Waals surface area contributed by atoms with Crippen LogP contribution in [0.25, 0.3) is 11.2 Å². The molecule has 0 amide bonds. The first-order valence-corrected chi connectivity index (χ1v) is 15.1. The Morgan fingerprint density at radius 3 is 2.59 bits per heavy atom. The first-order chi connectivity index (χ1) is 21.4. The molecule has 8 bridgehead atoms. The van der Waals surface area contributed by atoms with E-state index in [0.29, 0.717) is 30.4 Å². The highest BCUT2D eigenvalue weighted by Crippen LogP contribution is 2.39. The predicted octanol–water partition coefficient (Wildman–Crippen LogP) is 1.43. The number of fused-ring (bicyclic) bond motifs is 7. The highest BCUT2D eigenvalue weighted by Gasteiger charge is 2.52. The van der Waals surface area contributed by atoms with E-state index in [-0.39, 0.29) is 18.5 Å². The van der Waals surface area contributed by atoms with Crippen LogP contribution in [0.5, 0.6) is 0 Å². The molecule has 228 valence electrons. The number of ether oxygens (including phenoxy) is 2. The summed E-state index contributed by atoms with van der Waals surface area (Å²) in [7, 11) is 0. The molecular formula is C30H33N9O5. The zero-order chi connectivity index (χ0) is 30.0. The lowest BCUT2D eigenvalue weighted by molar-refractivity contribution is -0.157. The van der Waals surface area contributed by atoms with Gasteiger partial charge in [-0.2, -0.15) is 0 Å². The Kier molecular flexibility index (Phi) is 6.46. The van der Waals surface area contributed by atoms with Crippen molar-refractivity contribution in [2.45, 2.75) is 87.5 Å². The molecule has 14 heteroatoms. The van der Waals surface area contributed by atoms with Crippen LogP contribution in [0.1, 0.15) is 57.6 Å². The first-order valence-electron chi connectivity index (χ1n) is 15.1. The van der Waals surface area contributed by atoms with Gasteiger partial charge in [0.15, 0.2) is 23.2 Å². The van der Waals surface area contributed by atoms with Crippen molar-refractivity contribution in [3.63, 3.8) is 0 Å². The average Bonchev–Trinajstić information content (AvgIpc) is 3.85. The van der Waals surface area contributed by atoms with Gasteiger partial charge in [0.2, 0.25) is 0 Å². The van der Waals surface area contributed by atoms with Crippen LogP contribution in [0, 0.1) is 0 Å². The molecule has 0 saturated carbocycles. The molecule has 44 heavy (non-hydrogen) atoms. The number of anilines is 1. The van der Waals surface area contributed by atoms with Gasteiger partial charge in [0.25, 0.3) is 0 Å². The van der Waals surface area contributed by atoms with Gasteiger partial charge in [-0.05, 0) is 69.6 Å². The highest BCUT2D eigenvalue weighted by atomic mass is 16.6. The summed E-state index contributed by atoms with van der Waals surface area (Å²) in [4.78, 5) is 41.0. The van der Waals surface area contributed by atoms with Gasteiger partial charge in [-0.1, -0.05) is 0 Å². The average molecular weight is 600 g/mol. The molecule has 8 heterocycles. The number of rotatable bonds is 4. The fourth-order valence-corrected chi connectivity index (χ4v) is 7.02. The lowest BCUT2D eigenvalue weighted by atomic mass is 9.87. The summed E-state index contributed by atoms with van der Waals surface area (Å²) in [5, 5.41) is 25.3. The van der Waals surface area contributed by atoms with Gasteiger partial charge >= 0.3 is 5.97 Å². The molecule has 8 rings (SSSR count). The minimum Gasteiger partial charge on any atom is -0.461 e. The number of nitrogen functional groups attached to an aromatic ring is 1. The van der Waals surface area contributed by atoms with E-state index in [1.165, 1.54) is 17.2 Å². The van der Waals surface area contributed by atoms with Gasteiger partial charge in [-0.15, -0.1) is 0 Å². The van der Waals surface area contributed by atoms with E-state index in [2.05, 4.69) is 32.4 Å². The molecule has 6 aliphatic rings. The van der Waals surface area contributed by atoms with Crippen molar-refractivity contribution in [1.29, 1.82) is 0 Å². The molecule has 2 fully saturated rings. The molecule has 2 saturated heterocycles. The second-order valence-electron chi connectivity index (χ2n) is 12.1. The molecule has 0 radical (unpaired) electrons. The number of nitrogens with zero attached hydrogens (tertiary/aromatic N) is 7. The number of nitrogens with one attached hydrogen (secondary N) is 1. The maximum atomic E-state index is 14.0. The SMILES string of the molecule is Nc1ncnc2c1ncn2[C@@H]1O[C@H](COC(=O)C23CCC(=N2)C=C2CCC(=N2)C=C2CCC(=N2)C=C2CCC3N2)[C@@H](O)[C@H]1O. The van der Waals surface area contributed by atoms with Crippen molar-refractivity contribution in [3.8, 4) is 0 Å². The Balaban J connectivity index is 1.05. The van der Waals surface area contributed by atoms with E-state index in [0.717, 1.165) is 66.3 Å². The van der Waals surface area contributed by atoms with E-state index in [1.807, 2.05) is 6.08 Å². The molecule has 0 aliphatic carbocycles. The summed E-state index contributed by atoms with van der Waals surface area (Å²) in [5.41, 5.74) is 11.4. The Morgan fingerprint density at radius 1 is 1.00 bits per heavy atom. The summed E-state index contributed by atoms with van der Waals surface area (Å²) in [6.45, 7) is -0.265. The minimum atomic E-state index is -1.32. The highest BCUT2D eigenvalue weighted by molar-refractivity contribution is 6.04. The van der Waals surface area contributed by atoms with Gasteiger partial charge < -0.3 is 30.7 Å². The van der Waals surface area contributed by atoms with Crippen LogP contribution in [0.4, 0.5) is 5.82 Å². The van der Waals surface area contributed by atoms with Crippen LogP contribution < -0.4 is 11.1 Å². The molecule has 2 aromatic rings. The first kappa shape index (κ1) is 27.3. The van der Waals surface area contributed by atoms with Crippen LogP contribution in [-0.2, 0) is 14.3 Å². The number of aromatic nitrogens is 4. The van der Waals surface area contributed by atoms with Gasteiger partial charge in [0.1, 0.15) is 36.8 Å². The number of esters is 1. The van der Waals surface area contributed by atoms with Crippen LogP contribution in [0.2, 0.25) is 0 Å². The number of hydrogen-bond donors (Lipinski definition) is 4. The Bertz CT molecular complexity index is 1740. The van der Waals surface area contributed by atoms with Gasteiger partial charge in [0, 0.05) is 34.2 Å². The molecule has 6 atom stereocenters. The van der Waals surface area contributed by atoms with E-state index in [4.69, 9.17) is 30.2 Å². The van der Waals surface area contributed by atoms with Crippen molar-refractivity contribution in [1.82, 2.24) is 24.8 Å². The van der Waals surface area contributed by atoms with Crippen LogP contribution in [-0.4, -0.2) is 89.3 Å². The number of nitrogens with two attached hydrogens (primary N) is 1. The number of aliphatic hydroxyl groups is 2. The smallest absolute Gasteiger partial charge is 0.336 e. The van der Waals surface area contributed by atoms with Crippen LogP contribution >= 0.6 is 0 Å². The van der Waals surface area contributed by atoms with Crippen molar-refractivity contribution < 1.29 is 24.5 Å². The monoisotopic (exact) mass is 599 g/mol. The molecule has 2 aromatic heterocycles. The van der Waals surface area contributed by atoms with Crippen molar-refractivity contribution in [3.05, 3.63) is 48.0 Å². The van der Waals surface area contributed by atoms with Crippen LogP contribution in [0.15, 0.2) is 63.0 Å². The second kappa shape index (κ2) is 10.4. The molecular weight excluding hydrogens is 566 g/mol. The minimum absolute atomic E-state index is 0.189. The van der Waals surface area contributed by atoms with Crippen molar-refractivity contribution in [2.24, 2.45) is 15.0 Å². The molecule has 0 aromatic carbocycles. The van der Waals surface area contributed by atoms with E-state index < -0.39 is 36.0 Å². The maximum absolute atomic E-state index is 14.0. The van der Waals surface area contributed by atoms with Gasteiger partial charge in [0.05, 0.1) is 12.4 Å². The molecule has 5 N–H and O–H groups in total. The van der Waals surface area contributed by atoms with Gasteiger partial charge in [-0.25, -0.2) is 19.7 Å². The number of aliphatic imine (C=N–C) groups is 3. The lowest BCUT2D eigenvalue weighted by Crippen LogP contribution is -2.52. The van der Waals surface area contributed by atoms with Crippen molar-refractivity contribution in [2.75, 3.05) is 12.3 Å². The summed E-state index contributed by atoms with van der Waals surface area (Å²) < 4.78 is 13.4. The zero-order valence-electron chi connectivity index (χ0n) is 24.0. The topological polar surface area (TPSA) is 195 Å². The Hall–Kier alpha value is -4.27. The summed E-state index contributed by atoms with van der Waals surface area (Å²) >= 11 is 0. The van der Waals surface area contributed by atoms with Crippen LogP contribution in [0.3, 0.4) is 0 Å².